The maximum Gasteiger partial charge on any atom is 0.326 e. The van der Waals surface area contributed by atoms with Crippen molar-refractivity contribution in [1.82, 2.24) is 14.9 Å². The van der Waals surface area contributed by atoms with Gasteiger partial charge in [-0.15, -0.1) is 0 Å². The molecular weight excluding hydrogens is 304 g/mol. The standard InChI is InChI=1S/C17H24N6O/c1-12-5-7-14(8-6-12)20-17(24)22-16-19-13(2)11-15(21-16)18-9-10-23(3)4/h5-8,11H,9-10H2,1-4H3,(H3,18,19,20,21,22,24). The molecular formula is C17H24N6O. The number of urea groups is 1. The maximum absolute atomic E-state index is 12.1. The van der Waals surface area contributed by atoms with Gasteiger partial charge >= 0.3 is 6.03 Å². The molecule has 0 saturated carbocycles. The van der Waals surface area contributed by atoms with Crippen LogP contribution >= 0.6 is 0 Å². The number of carbonyl (C=O) groups excluding carboxylic acids is 1. The average molecular weight is 328 g/mol. The number of nitrogens with one attached hydrogen (secondary N) is 3. The summed E-state index contributed by atoms with van der Waals surface area (Å²) in [6.45, 7) is 5.51. The maximum atomic E-state index is 12.1. The first-order chi connectivity index (χ1) is 11.4. The van der Waals surface area contributed by atoms with Gasteiger partial charge in [0.2, 0.25) is 5.95 Å². The second kappa shape index (κ2) is 8.26. The zero-order chi connectivity index (χ0) is 17.5. The van der Waals surface area contributed by atoms with E-state index in [2.05, 4.69) is 30.8 Å². The summed E-state index contributed by atoms with van der Waals surface area (Å²) >= 11 is 0. The summed E-state index contributed by atoms with van der Waals surface area (Å²) in [5.74, 6) is 0.960. The van der Waals surface area contributed by atoms with Crippen molar-refractivity contribution in [1.29, 1.82) is 0 Å². The third-order valence-corrected chi connectivity index (χ3v) is 3.25. The molecule has 0 fully saturated rings. The normalized spacial score (nSPS) is 10.5. The molecule has 0 spiro atoms. The number of nitrogens with zero attached hydrogens (tertiary/aromatic N) is 3. The van der Waals surface area contributed by atoms with E-state index in [9.17, 15) is 4.79 Å². The summed E-state index contributed by atoms with van der Waals surface area (Å²) < 4.78 is 0. The summed E-state index contributed by atoms with van der Waals surface area (Å²) in [5, 5.41) is 8.64. The number of amides is 2. The fraction of sp³-hybridized carbons (Fsp3) is 0.353. The molecule has 24 heavy (non-hydrogen) atoms. The summed E-state index contributed by atoms with van der Waals surface area (Å²) in [6.07, 6.45) is 0. The second-order valence-corrected chi connectivity index (χ2v) is 5.89. The highest BCUT2D eigenvalue weighted by Crippen LogP contribution is 2.11. The molecule has 3 N–H and O–H groups in total. The number of carbonyl (C=O) groups is 1. The van der Waals surface area contributed by atoms with Gasteiger partial charge in [0, 0.05) is 30.5 Å². The highest BCUT2D eigenvalue weighted by Gasteiger charge is 2.07. The van der Waals surface area contributed by atoms with Gasteiger partial charge in [-0.3, -0.25) is 5.32 Å². The Kier molecular flexibility index (Phi) is 6.08. The van der Waals surface area contributed by atoms with Gasteiger partial charge in [0.1, 0.15) is 5.82 Å². The first kappa shape index (κ1) is 17.7. The number of aryl methyl sites for hydroxylation is 2. The first-order valence-electron chi connectivity index (χ1n) is 7.81. The molecule has 7 nitrogen and oxygen atoms in total. The Morgan fingerprint density at radius 1 is 1.08 bits per heavy atom. The average Bonchev–Trinajstić information content (AvgIpc) is 2.48. The van der Waals surface area contributed by atoms with Crippen molar-refractivity contribution in [3.8, 4) is 0 Å². The molecule has 7 heteroatoms. The molecule has 0 radical (unpaired) electrons. The third-order valence-electron chi connectivity index (χ3n) is 3.25. The van der Waals surface area contributed by atoms with Gasteiger partial charge in [-0.25, -0.2) is 9.78 Å². The summed E-state index contributed by atoms with van der Waals surface area (Å²) in [4.78, 5) is 22.7. The SMILES string of the molecule is Cc1ccc(NC(=O)Nc2nc(C)cc(NCCN(C)C)n2)cc1. The molecule has 1 heterocycles. The Labute approximate surface area is 142 Å². The van der Waals surface area contributed by atoms with Gasteiger partial charge in [-0.1, -0.05) is 17.7 Å². The minimum Gasteiger partial charge on any atom is -0.369 e. The number of aromatic nitrogens is 2. The zero-order valence-corrected chi connectivity index (χ0v) is 14.6. The van der Waals surface area contributed by atoms with Gasteiger partial charge in [-0.2, -0.15) is 4.98 Å². The summed E-state index contributed by atoms with van der Waals surface area (Å²) in [5.41, 5.74) is 2.63. The number of anilines is 3. The predicted molar refractivity (Wildman–Crippen MR) is 97.6 cm³/mol. The van der Waals surface area contributed by atoms with Crippen molar-refractivity contribution in [3.05, 3.63) is 41.6 Å². The van der Waals surface area contributed by atoms with E-state index in [1.165, 1.54) is 0 Å². The van der Waals surface area contributed by atoms with Gasteiger partial charge in [0.05, 0.1) is 0 Å². The lowest BCUT2D eigenvalue weighted by molar-refractivity contribution is 0.262. The number of likely N-dealkylation sites (N-methyl/N-ethyl adjacent to an activating group) is 1. The first-order valence-corrected chi connectivity index (χ1v) is 7.81. The van der Waals surface area contributed by atoms with E-state index in [1.54, 1.807) is 0 Å². The van der Waals surface area contributed by atoms with E-state index < -0.39 is 0 Å². The van der Waals surface area contributed by atoms with Crippen molar-refractivity contribution in [3.63, 3.8) is 0 Å². The van der Waals surface area contributed by atoms with Gasteiger partial charge < -0.3 is 15.5 Å². The Morgan fingerprint density at radius 3 is 2.46 bits per heavy atom. The molecule has 0 aliphatic heterocycles. The highest BCUT2D eigenvalue weighted by molar-refractivity contribution is 5.98. The van der Waals surface area contributed by atoms with E-state index in [-0.39, 0.29) is 12.0 Å². The van der Waals surface area contributed by atoms with Crippen LogP contribution in [0.25, 0.3) is 0 Å². The Balaban J connectivity index is 1.96. The van der Waals surface area contributed by atoms with Crippen LogP contribution in [0.15, 0.2) is 30.3 Å². The zero-order valence-electron chi connectivity index (χ0n) is 14.6. The minimum atomic E-state index is -0.372. The number of rotatable bonds is 6. The lowest BCUT2D eigenvalue weighted by atomic mass is 10.2. The van der Waals surface area contributed by atoms with Crippen molar-refractivity contribution >= 4 is 23.5 Å². The Bertz CT molecular complexity index is 684. The summed E-state index contributed by atoms with van der Waals surface area (Å²) in [7, 11) is 4.02. The van der Waals surface area contributed by atoms with Crippen LogP contribution in [0.4, 0.5) is 22.2 Å². The molecule has 0 aliphatic rings. The fourth-order valence-electron chi connectivity index (χ4n) is 2.02. The lowest BCUT2D eigenvalue weighted by Gasteiger charge is -2.12. The van der Waals surface area contributed by atoms with Gasteiger partial charge in [0.25, 0.3) is 0 Å². The van der Waals surface area contributed by atoms with Crippen LogP contribution in [-0.2, 0) is 0 Å². The van der Waals surface area contributed by atoms with Crippen molar-refractivity contribution in [2.45, 2.75) is 13.8 Å². The third kappa shape index (κ3) is 5.85. The van der Waals surface area contributed by atoms with Crippen LogP contribution in [-0.4, -0.2) is 48.1 Å². The van der Waals surface area contributed by atoms with Gasteiger partial charge in [0.15, 0.2) is 0 Å². The molecule has 0 unspecified atom stereocenters. The lowest BCUT2D eigenvalue weighted by Crippen LogP contribution is -2.23. The smallest absolute Gasteiger partial charge is 0.326 e. The molecule has 0 aliphatic carbocycles. The van der Waals surface area contributed by atoms with Crippen molar-refractivity contribution in [2.75, 3.05) is 43.1 Å². The molecule has 0 bridgehead atoms. The van der Waals surface area contributed by atoms with Crippen LogP contribution in [0.1, 0.15) is 11.3 Å². The Hall–Kier alpha value is -2.67. The highest BCUT2D eigenvalue weighted by atomic mass is 16.2. The molecule has 2 rings (SSSR count). The van der Waals surface area contributed by atoms with Crippen LogP contribution < -0.4 is 16.0 Å². The van der Waals surface area contributed by atoms with Gasteiger partial charge in [-0.05, 0) is 40.1 Å². The van der Waals surface area contributed by atoms with E-state index in [1.807, 2.05) is 58.3 Å². The van der Waals surface area contributed by atoms with Crippen molar-refractivity contribution < 1.29 is 4.79 Å². The monoisotopic (exact) mass is 328 g/mol. The quantitative estimate of drug-likeness (QED) is 0.759. The van der Waals surface area contributed by atoms with Crippen LogP contribution in [0.5, 0.6) is 0 Å². The molecule has 2 amide bonds. The van der Waals surface area contributed by atoms with Crippen molar-refractivity contribution in [2.24, 2.45) is 0 Å². The molecule has 128 valence electrons. The summed E-state index contributed by atoms with van der Waals surface area (Å²) in [6, 6.07) is 9.04. The van der Waals surface area contributed by atoms with Crippen LogP contribution in [0.2, 0.25) is 0 Å². The molecule has 0 atom stereocenters. The van der Waals surface area contributed by atoms with E-state index in [4.69, 9.17) is 0 Å². The topological polar surface area (TPSA) is 82.2 Å². The Morgan fingerprint density at radius 2 is 1.79 bits per heavy atom. The number of hydrogen-bond acceptors (Lipinski definition) is 5. The largest absolute Gasteiger partial charge is 0.369 e. The predicted octanol–water partition coefficient (Wildman–Crippen LogP) is 2.71. The molecule has 1 aromatic carbocycles. The second-order valence-electron chi connectivity index (χ2n) is 5.89. The number of benzene rings is 1. The van der Waals surface area contributed by atoms with Crippen LogP contribution in [0, 0.1) is 13.8 Å². The molecule has 0 saturated heterocycles. The number of hydrogen-bond donors (Lipinski definition) is 3. The molecule has 1 aromatic heterocycles. The van der Waals surface area contributed by atoms with Crippen LogP contribution in [0.3, 0.4) is 0 Å². The van der Waals surface area contributed by atoms with E-state index in [0.717, 1.165) is 30.0 Å². The van der Waals surface area contributed by atoms with E-state index >= 15 is 0 Å². The fourth-order valence-corrected chi connectivity index (χ4v) is 2.02. The minimum absolute atomic E-state index is 0.270. The van der Waals surface area contributed by atoms with E-state index in [0.29, 0.717) is 5.82 Å². The molecule has 2 aromatic rings.